The second kappa shape index (κ2) is 15.0. The summed E-state index contributed by atoms with van der Waals surface area (Å²) in [6, 6.07) is 17.7. The zero-order valence-electron chi connectivity index (χ0n) is 27.1. The Balaban J connectivity index is 0.000000204. The number of thiophene rings is 2. The lowest BCUT2D eigenvalue weighted by Gasteiger charge is -2.11. The molecule has 17 heteroatoms. The Hall–Kier alpha value is -4.58. The van der Waals surface area contributed by atoms with Crippen molar-refractivity contribution >= 4 is 42.3 Å². The minimum absolute atomic E-state index is 0.365. The lowest BCUT2D eigenvalue weighted by atomic mass is 9.98. The van der Waals surface area contributed by atoms with E-state index in [2.05, 4.69) is 4.74 Å². The first kappa shape index (κ1) is 39.6. The van der Waals surface area contributed by atoms with Gasteiger partial charge in [0.2, 0.25) is 0 Å². The van der Waals surface area contributed by atoms with Crippen molar-refractivity contribution in [3.63, 3.8) is 0 Å². The zero-order valence-corrected chi connectivity index (χ0v) is 30.4. The molecule has 0 aliphatic rings. The summed E-state index contributed by atoms with van der Waals surface area (Å²) in [5.74, 6) is -2.12. The van der Waals surface area contributed by atoms with Crippen LogP contribution in [0.5, 0.6) is 5.75 Å². The van der Waals surface area contributed by atoms with Gasteiger partial charge in [-0.25, -0.2) is 25.6 Å². The van der Waals surface area contributed by atoms with E-state index in [9.17, 15) is 52.0 Å². The van der Waals surface area contributed by atoms with Gasteiger partial charge in [-0.2, -0.15) is 35.8 Å². The Labute approximate surface area is 306 Å². The Bertz CT molecular complexity index is 2480. The molecular formula is C36H24F8O5S4. The third-order valence-corrected chi connectivity index (χ3v) is 11.3. The minimum Gasteiger partial charge on any atom is -0.406 e. The minimum atomic E-state index is -4.80. The summed E-state index contributed by atoms with van der Waals surface area (Å²) < 4.78 is 154. The SMILES string of the molecule is CS(=O)(=O)c1ccc(-c2cscc2-c2ccc(C(F)(F)F)cc2)cc1F.CS(=O)(=O)c1ccc(-c2cscc2-c2cccc(OC(F)(F)F)c2)cc1F. The summed E-state index contributed by atoms with van der Waals surface area (Å²) in [6.45, 7) is 0. The molecule has 0 spiro atoms. The van der Waals surface area contributed by atoms with Crippen LogP contribution in [-0.4, -0.2) is 35.7 Å². The lowest BCUT2D eigenvalue weighted by Crippen LogP contribution is -2.17. The van der Waals surface area contributed by atoms with Crippen LogP contribution in [0.15, 0.2) is 116 Å². The quantitative estimate of drug-likeness (QED) is 0.150. The molecule has 278 valence electrons. The normalized spacial score (nSPS) is 12.3. The van der Waals surface area contributed by atoms with Crippen LogP contribution in [0.2, 0.25) is 0 Å². The molecule has 0 bridgehead atoms. The van der Waals surface area contributed by atoms with Gasteiger partial charge in [-0.3, -0.25) is 0 Å². The van der Waals surface area contributed by atoms with Crippen molar-refractivity contribution < 1.29 is 56.7 Å². The number of alkyl halides is 6. The molecule has 0 saturated heterocycles. The van der Waals surface area contributed by atoms with Crippen molar-refractivity contribution in [3.05, 3.63) is 124 Å². The van der Waals surface area contributed by atoms with Crippen molar-refractivity contribution in [2.75, 3.05) is 12.5 Å². The van der Waals surface area contributed by atoms with E-state index in [-0.39, 0.29) is 5.75 Å². The number of rotatable bonds is 7. The fourth-order valence-corrected chi connectivity index (χ4v) is 8.32. The molecule has 0 atom stereocenters. The molecule has 2 aromatic heterocycles. The van der Waals surface area contributed by atoms with Crippen LogP contribution in [0.1, 0.15) is 5.56 Å². The molecule has 53 heavy (non-hydrogen) atoms. The molecular weight excluding hydrogens is 793 g/mol. The summed E-state index contributed by atoms with van der Waals surface area (Å²) in [6.07, 6.45) is -7.39. The fourth-order valence-electron chi connectivity index (χ4n) is 5.13. The molecule has 0 N–H and O–H groups in total. The first-order valence-corrected chi connectivity index (χ1v) is 20.4. The van der Waals surface area contributed by atoms with E-state index in [0.29, 0.717) is 44.5 Å². The van der Waals surface area contributed by atoms with Crippen LogP contribution in [-0.2, 0) is 25.9 Å². The zero-order chi connectivity index (χ0) is 38.9. The van der Waals surface area contributed by atoms with Crippen molar-refractivity contribution in [3.8, 4) is 50.3 Å². The Kier molecular flexibility index (Phi) is 11.2. The van der Waals surface area contributed by atoms with Crippen molar-refractivity contribution in [1.82, 2.24) is 0 Å². The predicted octanol–water partition coefficient (Wildman–Crippen LogP) is 11.2. The van der Waals surface area contributed by atoms with Gasteiger partial charge in [-0.05, 0) is 92.3 Å². The van der Waals surface area contributed by atoms with Crippen LogP contribution in [0.4, 0.5) is 35.1 Å². The van der Waals surface area contributed by atoms with E-state index in [1.165, 1.54) is 77.3 Å². The largest absolute Gasteiger partial charge is 0.573 e. The van der Waals surface area contributed by atoms with E-state index in [1.807, 2.05) is 0 Å². The number of sulfone groups is 2. The fraction of sp³-hybridized carbons (Fsp3) is 0.111. The third-order valence-electron chi connectivity index (χ3n) is 7.51. The van der Waals surface area contributed by atoms with Crippen LogP contribution >= 0.6 is 22.7 Å². The average Bonchev–Trinajstić information content (AvgIpc) is 3.74. The van der Waals surface area contributed by atoms with E-state index in [1.54, 1.807) is 27.6 Å². The first-order chi connectivity index (χ1) is 24.6. The van der Waals surface area contributed by atoms with Gasteiger partial charge >= 0.3 is 12.5 Å². The molecule has 4 aromatic carbocycles. The van der Waals surface area contributed by atoms with Gasteiger partial charge in [0, 0.05) is 34.8 Å². The highest BCUT2D eigenvalue weighted by atomic mass is 32.2. The molecule has 0 radical (unpaired) electrons. The van der Waals surface area contributed by atoms with Crippen LogP contribution in [0.25, 0.3) is 44.5 Å². The van der Waals surface area contributed by atoms with Gasteiger partial charge in [0.05, 0.1) is 5.56 Å². The van der Waals surface area contributed by atoms with E-state index in [0.717, 1.165) is 36.8 Å². The Morgan fingerprint density at radius 3 is 1.30 bits per heavy atom. The monoisotopic (exact) mass is 816 g/mol. The number of halogens is 8. The topological polar surface area (TPSA) is 77.5 Å². The number of hydrogen-bond acceptors (Lipinski definition) is 7. The smallest absolute Gasteiger partial charge is 0.406 e. The van der Waals surface area contributed by atoms with Gasteiger partial charge in [-0.15, -0.1) is 13.2 Å². The van der Waals surface area contributed by atoms with Gasteiger partial charge < -0.3 is 4.74 Å². The van der Waals surface area contributed by atoms with Crippen LogP contribution in [0, 0.1) is 11.6 Å². The van der Waals surface area contributed by atoms with Gasteiger partial charge in [-0.1, -0.05) is 36.4 Å². The standard InChI is InChI=1S/C18H12F4O3S2.C18H12F4O2S2/c1-27(23,24)17-6-5-12(8-16(17)19)15-10-26-9-14(15)11-3-2-4-13(7-11)25-18(20,21)22;1-26(23,24)17-7-4-12(8-16(17)19)15-10-25-9-14(15)11-2-5-13(6-3-11)18(20,21)22/h2-10H,1H3;2-10H,1H3. The van der Waals surface area contributed by atoms with E-state index < -0.39 is 59.2 Å². The molecule has 6 aromatic rings. The van der Waals surface area contributed by atoms with E-state index >= 15 is 0 Å². The average molecular weight is 817 g/mol. The summed E-state index contributed by atoms with van der Waals surface area (Å²) in [5, 5.41) is 6.91. The third kappa shape index (κ3) is 9.70. The molecule has 5 nitrogen and oxygen atoms in total. The lowest BCUT2D eigenvalue weighted by molar-refractivity contribution is -0.274. The maximum atomic E-state index is 14.2. The Morgan fingerprint density at radius 2 is 0.925 bits per heavy atom. The number of hydrogen-bond donors (Lipinski definition) is 0. The highest BCUT2D eigenvalue weighted by Gasteiger charge is 2.31. The number of benzene rings is 4. The van der Waals surface area contributed by atoms with Crippen molar-refractivity contribution in [2.45, 2.75) is 22.3 Å². The van der Waals surface area contributed by atoms with Crippen molar-refractivity contribution in [1.29, 1.82) is 0 Å². The maximum Gasteiger partial charge on any atom is 0.573 e. The van der Waals surface area contributed by atoms with E-state index in [4.69, 9.17) is 0 Å². The molecule has 0 fully saturated rings. The predicted molar refractivity (Wildman–Crippen MR) is 188 cm³/mol. The highest BCUT2D eigenvalue weighted by Crippen LogP contribution is 2.39. The molecule has 0 aliphatic heterocycles. The molecule has 0 amide bonds. The Morgan fingerprint density at radius 1 is 0.528 bits per heavy atom. The maximum absolute atomic E-state index is 14.2. The summed E-state index contributed by atoms with van der Waals surface area (Å²) >= 11 is 2.61. The van der Waals surface area contributed by atoms with Gasteiger partial charge in [0.1, 0.15) is 27.2 Å². The molecule has 0 unspecified atom stereocenters. The second-order valence-corrected chi connectivity index (χ2v) is 16.8. The highest BCUT2D eigenvalue weighted by molar-refractivity contribution is 7.91. The van der Waals surface area contributed by atoms with Crippen LogP contribution in [0.3, 0.4) is 0 Å². The van der Waals surface area contributed by atoms with Crippen molar-refractivity contribution in [2.24, 2.45) is 0 Å². The van der Waals surface area contributed by atoms with Gasteiger partial charge in [0.25, 0.3) is 0 Å². The number of ether oxygens (including phenoxy) is 1. The van der Waals surface area contributed by atoms with Crippen LogP contribution < -0.4 is 4.74 Å². The molecule has 2 heterocycles. The summed E-state index contributed by atoms with van der Waals surface area (Å²) in [4.78, 5) is -0.809. The molecule has 6 rings (SSSR count). The summed E-state index contributed by atoms with van der Waals surface area (Å²) in [5.41, 5.74) is 3.56. The van der Waals surface area contributed by atoms with Gasteiger partial charge in [0.15, 0.2) is 19.7 Å². The molecule has 0 aliphatic carbocycles. The summed E-state index contributed by atoms with van der Waals surface area (Å²) in [7, 11) is -7.38. The molecule has 0 saturated carbocycles. The first-order valence-electron chi connectivity index (χ1n) is 14.8. The second-order valence-electron chi connectivity index (χ2n) is 11.4.